The third-order valence-corrected chi connectivity index (χ3v) is 3.03. The molecule has 3 heteroatoms. The maximum absolute atomic E-state index is 11.6. The summed E-state index contributed by atoms with van der Waals surface area (Å²) in [7, 11) is 0. The molecule has 0 aromatic rings. The third-order valence-electron chi connectivity index (χ3n) is 3.03. The fourth-order valence-corrected chi connectivity index (χ4v) is 1.16. The summed E-state index contributed by atoms with van der Waals surface area (Å²) in [6.07, 6.45) is 0. The minimum Gasteiger partial charge on any atom is -0.353 e. The van der Waals surface area contributed by atoms with Crippen LogP contribution >= 0.6 is 0 Å². The van der Waals surface area contributed by atoms with Gasteiger partial charge >= 0.3 is 0 Å². The highest BCUT2D eigenvalue weighted by Gasteiger charge is 2.21. The molecule has 0 saturated carbocycles. The van der Waals surface area contributed by atoms with Gasteiger partial charge in [-0.3, -0.25) is 4.79 Å². The van der Waals surface area contributed by atoms with Crippen LogP contribution in [0.15, 0.2) is 0 Å². The Balaban J connectivity index is 3.98. The number of nitrogens with one attached hydrogen (secondary N) is 2. The smallest absolute Gasteiger partial charge is 0.237 e. The molecule has 1 amide bonds. The van der Waals surface area contributed by atoms with Crippen LogP contribution in [0.3, 0.4) is 0 Å². The van der Waals surface area contributed by atoms with Gasteiger partial charge in [0.05, 0.1) is 6.04 Å². The van der Waals surface area contributed by atoms with Gasteiger partial charge in [-0.25, -0.2) is 0 Å². The molecule has 0 aliphatic heterocycles. The van der Waals surface area contributed by atoms with E-state index in [-0.39, 0.29) is 23.4 Å². The third kappa shape index (κ3) is 6.11. The van der Waals surface area contributed by atoms with Gasteiger partial charge in [-0.1, -0.05) is 27.7 Å². The van der Waals surface area contributed by atoms with Crippen molar-refractivity contribution in [3.63, 3.8) is 0 Å². The average Bonchev–Trinajstić information content (AvgIpc) is 2.10. The van der Waals surface area contributed by atoms with E-state index in [0.29, 0.717) is 5.92 Å². The fourth-order valence-electron chi connectivity index (χ4n) is 1.16. The lowest BCUT2D eigenvalue weighted by Crippen LogP contribution is -2.46. The highest BCUT2D eigenvalue weighted by atomic mass is 16.2. The molecule has 2 atom stereocenters. The molecule has 0 rings (SSSR count). The first kappa shape index (κ1) is 15.4. The van der Waals surface area contributed by atoms with Gasteiger partial charge in [0.2, 0.25) is 5.91 Å². The summed E-state index contributed by atoms with van der Waals surface area (Å²) in [5.74, 6) is 0.623. The van der Waals surface area contributed by atoms with E-state index in [1.165, 1.54) is 0 Å². The normalized spacial score (nSPS) is 16.0. The predicted octanol–water partition coefficient (Wildman–Crippen LogP) is 2.17. The molecule has 0 bridgehead atoms. The van der Waals surface area contributed by atoms with Crippen LogP contribution in [0.5, 0.6) is 0 Å². The van der Waals surface area contributed by atoms with E-state index in [9.17, 15) is 4.79 Å². The molecule has 0 aliphatic rings. The maximum Gasteiger partial charge on any atom is 0.237 e. The van der Waals surface area contributed by atoms with Gasteiger partial charge < -0.3 is 10.6 Å². The standard InChI is InChI=1S/C13H28N2O/c1-9(2)15-12(16)11(4)14-8-10(3)13(5,6)7/h9-11,14H,8H2,1-7H3,(H,15,16). The largest absolute Gasteiger partial charge is 0.353 e. The van der Waals surface area contributed by atoms with E-state index < -0.39 is 0 Å². The Morgan fingerprint density at radius 1 is 1.12 bits per heavy atom. The summed E-state index contributed by atoms with van der Waals surface area (Å²) < 4.78 is 0. The SMILES string of the molecule is CC(C)NC(=O)C(C)NCC(C)C(C)(C)C. The number of rotatable bonds is 5. The lowest BCUT2D eigenvalue weighted by molar-refractivity contribution is -0.123. The number of carbonyl (C=O) groups excluding carboxylic acids is 1. The lowest BCUT2D eigenvalue weighted by Gasteiger charge is -2.28. The van der Waals surface area contributed by atoms with Crippen molar-refractivity contribution < 1.29 is 4.79 Å². The van der Waals surface area contributed by atoms with E-state index in [1.54, 1.807) is 0 Å². The molecule has 0 aromatic heterocycles. The van der Waals surface area contributed by atoms with Crippen molar-refractivity contribution in [2.24, 2.45) is 11.3 Å². The van der Waals surface area contributed by atoms with Crippen LogP contribution in [-0.4, -0.2) is 24.5 Å². The quantitative estimate of drug-likeness (QED) is 0.757. The van der Waals surface area contributed by atoms with Crippen LogP contribution in [0.2, 0.25) is 0 Å². The van der Waals surface area contributed by atoms with Gasteiger partial charge in [-0.15, -0.1) is 0 Å². The zero-order valence-corrected chi connectivity index (χ0v) is 11.8. The van der Waals surface area contributed by atoms with Crippen molar-refractivity contribution in [2.75, 3.05) is 6.54 Å². The van der Waals surface area contributed by atoms with Crippen molar-refractivity contribution in [1.29, 1.82) is 0 Å². The second-order valence-corrected chi connectivity index (χ2v) is 6.06. The average molecular weight is 228 g/mol. The van der Waals surface area contributed by atoms with Crippen molar-refractivity contribution in [2.45, 2.75) is 60.5 Å². The highest BCUT2D eigenvalue weighted by molar-refractivity contribution is 5.81. The van der Waals surface area contributed by atoms with E-state index in [4.69, 9.17) is 0 Å². The Kier molecular flexibility index (Phi) is 6.01. The molecule has 2 N–H and O–H groups in total. The zero-order chi connectivity index (χ0) is 12.9. The van der Waals surface area contributed by atoms with Crippen molar-refractivity contribution >= 4 is 5.91 Å². The van der Waals surface area contributed by atoms with Crippen molar-refractivity contribution in [3.05, 3.63) is 0 Å². The predicted molar refractivity (Wildman–Crippen MR) is 69.4 cm³/mol. The van der Waals surface area contributed by atoms with Crippen LogP contribution in [0, 0.1) is 11.3 Å². The van der Waals surface area contributed by atoms with Gasteiger partial charge in [0.1, 0.15) is 0 Å². The molecule has 0 radical (unpaired) electrons. The second kappa shape index (κ2) is 6.24. The molecule has 0 fully saturated rings. The molecule has 0 heterocycles. The molecule has 96 valence electrons. The van der Waals surface area contributed by atoms with E-state index >= 15 is 0 Å². The van der Waals surface area contributed by atoms with Gasteiger partial charge in [-0.2, -0.15) is 0 Å². The Morgan fingerprint density at radius 3 is 2.00 bits per heavy atom. The molecule has 0 aliphatic carbocycles. The van der Waals surface area contributed by atoms with E-state index in [1.807, 2.05) is 20.8 Å². The van der Waals surface area contributed by atoms with Gasteiger partial charge in [-0.05, 0) is 38.6 Å². The Bertz CT molecular complexity index is 218. The first-order valence-electron chi connectivity index (χ1n) is 6.18. The summed E-state index contributed by atoms with van der Waals surface area (Å²) in [5.41, 5.74) is 0.279. The minimum atomic E-state index is -0.118. The minimum absolute atomic E-state index is 0.0797. The Morgan fingerprint density at radius 2 is 1.62 bits per heavy atom. The molecule has 0 saturated heterocycles. The molecule has 16 heavy (non-hydrogen) atoms. The van der Waals surface area contributed by atoms with Gasteiger partial charge in [0.25, 0.3) is 0 Å². The van der Waals surface area contributed by atoms with E-state index in [0.717, 1.165) is 6.54 Å². The summed E-state index contributed by atoms with van der Waals surface area (Å²) in [6.45, 7) is 15.6. The van der Waals surface area contributed by atoms with Crippen molar-refractivity contribution in [3.8, 4) is 0 Å². The number of hydrogen-bond donors (Lipinski definition) is 2. The summed E-state index contributed by atoms with van der Waals surface area (Å²) in [4.78, 5) is 11.6. The van der Waals surface area contributed by atoms with E-state index in [2.05, 4.69) is 38.3 Å². The first-order valence-corrected chi connectivity index (χ1v) is 6.18. The summed E-state index contributed by atoms with van der Waals surface area (Å²) >= 11 is 0. The summed E-state index contributed by atoms with van der Waals surface area (Å²) in [6, 6.07) is 0.0870. The van der Waals surface area contributed by atoms with Crippen LogP contribution in [0.4, 0.5) is 0 Å². The molecule has 3 nitrogen and oxygen atoms in total. The number of carbonyl (C=O) groups is 1. The Hall–Kier alpha value is -0.570. The van der Waals surface area contributed by atoms with Crippen LogP contribution < -0.4 is 10.6 Å². The molecule has 0 aromatic carbocycles. The van der Waals surface area contributed by atoms with Gasteiger partial charge in [0, 0.05) is 6.04 Å². The number of hydrogen-bond acceptors (Lipinski definition) is 2. The van der Waals surface area contributed by atoms with Crippen LogP contribution in [-0.2, 0) is 4.79 Å². The topological polar surface area (TPSA) is 41.1 Å². The maximum atomic E-state index is 11.6. The Labute approximate surface area is 100 Å². The summed E-state index contributed by atoms with van der Waals surface area (Å²) in [5, 5.41) is 6.19. The lowest BCUT2D eigenvalue weighted by atomic mass is 9.82. The highest BCUT2D eigenvalue weighted by Crippen LogP contribution is 2.24. The number of amides is 1. The monoisotopic (exact) mass is 228 g/mol. The fraction of sp³-hybridized carbons (Fsp3) is 0.923. The second-order valence-electron chi connectivity index (χ2n) is 6.06. The molecule has 2 unspecified atom stereocenters. The van der Waals surface area contributed by atoms with Gasteiger partial charge in [0.15, 0.2) is 0 Å². The van der Waals surface area contributed by atoms with Crippen molar-refractivity contribution in [1.82, 2.24) is 10.6 Å². The van der Waals surface area contributed by atoms with Crippen LogP contribution in [0.25, 0.3) is 0 Å². The molecular weight excluding hydrogens is 200 g/mol. The molecular formula is C13H28N2O. The first-order chi connectivity index (χ1) is 7.14. The van der Waals surface area contributed by atoms with Crippen LogP contribution in [0.1, 0.15) is 48.5 Å². The molecule has 0 spiro atoms. The zero-order valence-electron chi connectivity index (χ0n) is 11.8.